The molecule has 4 rings (SSSR count). The number of aryl methyl sites for hydroxylation is 4. The van der Waals surface area contributed by atoms with Gasteiger partial charge in [-0.25, -0.2) is 9.97 Å². The fourth-order valence-electron chi connectivity index (χ4n) is 3.40. The molecule has 9 nitrogen and oxygen atoms in total. The summed E-state index contributed by atoms with van der Waals surface area (Å²) in [5.74, 6) is 0. The van der Waals surface area contributed by atoms with E-state index in [9.17, 15) is 0 Å². The summed E-state index contributed by atoms with van der Waals surface area (Å²) in [5, 5.41) is 9.06. The van der Waals surface area contributed by atoms with Crippen LogP contribution in [0.3, 0.4) is 0 Å². The zero-order valence-corrected chi connectivity index (χ0v) is 23.4. The molecule has 0 saturated heterocycles. The molecule has 0 amide bonds. The molecule has 0 fully saturated rings. The quantitative estimate of drug-likeness (QED) is 0.200. The Bertz CT molecular complexity index is 1060. The van der Waals surface area contributed by atoms with Gasteiger partial charge in [0.15, 0.2) is 0 Å². The number of nitrogens with zero attached hydrogens (tertiary/aromatic N) is 6. The molecule has 4 heterocycles. The van der Waals surface area contributed by atoms with Gasteiger partial charge in [0.1, 0.15) is 0 Å². The first-order chi connectivity index (χ1) is 13.5. The predicted octanol–water partition coefficient (Wildman–Crippen LogP) is -4.60. The van der Waals surface area contributed by atoms with Gasteiger partial charge in [-0.3, -0.25) is 9.36 Å². The van der Waals surface area contributed by atoms with E-state index >= 15 is 0 Å². The van der Waals surface area contributed by atoms with Crippen molar-refractivity contribution < 1.29 is 67.5 Å². The average molecular weight is 650 g/mol. The minimum Gasteiger partial charge on any atom is -1.00 e. The maximum atomic E-state index is 4.81. The van der Waals surface area contributed by atoms with Crippen LogP contribution in [0.1, 0.15) is 34.2 Å². The van der Waals surface area contributed by atoms with Crippen LogP contribution in [-0.4, -0.2) is 46.0 Å². The topological polar surface area (TPSA) is 156 Å². The molecule has 0 aliphatic rings. The van der Waals surface area contributed by atoms with Crippen molar-refractivity contribution in [2.75, 3.05) is 0 Å². The van der Waals surface area contributed by atoms with Crippen LogP contribution in [0, 0.1) is 27.7 Å². The van der Waals surface area contributed by atoms with Crippen molar-refractivity contribution in [1.29, 1.82) is 0 Å². The van der Waals surface area contributed by atoms with Crippen LogP contribution in [0.2, 0.25) is 0 Å². The molecule has 191 valence electrons. The largest absolute Gasteiger partial charge is 2.00 e. The van der Waals surface area contributed by atoms with Gasteiger partial charge in [-0.2, -0.15) is 10.2 Å². The van der Waals surface area contributed by atoms with E-state index in [0.717, 1.165) is 45.6 Å². The second-order valence-corrected chi connectivity index (χ2v) is 7.20. The van der Waals surface area contributed by atoms with Gasteiger partial charge in [0.05, 0.1) is 47.3 Å². The second kappa shape index (κ2) is 15.9. The van der Waals surface area contributed by atoms with Crippen molar-refractivity contribution in [3.05, 3.63) is 82.7 Å². The van der Waals surface area contributed by atoms with E-state index in [0.29, 0.717) is 13.1 Å². The minimum absolute atomic E-state index is 0. The van der Waals surface area contributed by atoms with Crippen LogP contribution in [0.4, 0.5) is 0 Å². The summed E-state index contributed by atoms with van der Waals surface area (Å²) in [6.45, 7) is 9.44. The monoisotopic (exact) mass is 647 g/mol. The molecule has 0 aliphatic carbocycles. The van der Waals surface area contributed by atoms with E-state index in [-0.39, 0.29) is 67.5 Å². The molecule has 0 bridgehead atoms. The summed E-state index contributed by atoms with van der Waals surface area (Å²) in [5.41, 5.74) is 7.98. The Kier molecular flexibility index (Phi) is 17.1. The zero-order chi connectivity index (χ0) is 19.7. The fourth-order valence-corrected chi connectivity index (χ4v) is 3.40. The standard InChI is InChI=1S/C22H24N6.2BrH.Cu.3H2O/c1-15-11-17(3)27(25-15)13-19-7-5-9-21(23-19)22-10-6-8-20(24-22)14-28-18(4)12-16(2)26-28;;;;;;/h5-12H,13-14H2,1-4H3;2*1H;;3*1H2/q;;;+2;;;/p-2. The minimum atomic E-state index is 0. The van der Waals surface area contributed by atoms with Gasteiger partial charge >= 0.3 is 17.1 Å². The molecule has 0 aliphatic heterocycles. The smallest absolute Gasteiger partial charge is 1.00 e. The van der Waals surface area contributed by atoms with E-state index in [2.05, 4.69) is 36.2 Å². The third-order valence-electron chi connectivity index (χ3n) is 4.71. The van der Waals surface area contributed by atoms with Gasteiger partial charge in [-0.05, 0) is 64.1 Å². The van der Waals surface area contributed by atoms with Gasteiger partial charge in [-0.1, -0.05) is 12.1 Å². The number of hydrogen-bond donors (Lipinski definition) is 0. The molecule has 1 radical (unpaired) electrons. The SMILES string of the molecule is Cc1cc(C)n(Cc2cccc(-c3cccc(Cn4nc(C)cc4C)n3)n2)n1.O.O.O.[Br-].[Br-].[Cu+2]. The molecule has 34 heavy (non-hydrogen) atoms. The van der Waals surface area contributed by atoms with Crippen LogP contribution in [-0.2, 0) is 30.2 Å². The van der Waals surface area contributed by atoms with Crippen LogP contribution in [0.5, 0.6) is 0 Å². The molecule has 6 N–H and O–H groups in total. The van der Waals surface area contributed by atoms with Crippen molar-refractivity contribution in [2.45, 2.75) is 40.8 Å². The summed E-state index contributed by atoms with van der Waals surface area (Å²) < 4.78 is 3.96. The number of rotatable bonds is 5. The number of pyridine rings is 2. The van der Waals surface area contributed by atoms with Gasteiger partial charge in [0, 0.05) is 11.4 Å². The molecule has 4 aromatic rings. The van der Waals surface area contributed by atoms with Crippen LogP contribution in [0.25, 0.3) is 11.4 Å². The fraction of sp³-hybridized carbons (Fsp3) is 0.273. The first-order valence-electron chi connectivity index (χ1n) is 9.42. The molecule has 12 heteroatoms. The predicted molar refractivity (Wildman–Crippen MR) is 120 cm³/mol. The first-order valence-corrected chi connectivity index (χ1v) is 9.42. The first kappa shape index (κ1) is 36.6. The molecular weight excluding hydrogens is 620 g/mol. The Hall–Kier alpha value is -1.92. The van der Waals surface area contributed by atoms with E-state index in [1.807, 2.05) is 59.6 Å². The van der Waals surface area contributed by atoms with E-state index in [1.54, 1.807) is 0 Å². The van der Waals surface area contributed by atoms with E-state index < -0.39 is 0 Å². The third kappa shape index (κ3) is 8.70. The van der Waals surface area contributed by atoms with Crippen molar-refractivity contribution in [2.24, 2.45) is 0 Å². The summed E-state index contributed by atoms with van der Waals surface area (Å²) in [7, 11) is 0. The van der Waals surface area contributed by atoms with Crippen molar-refractivity contribution in [3.8, 4) is 11.4 Å². The number of halogens is 2. The molecule has 4 aromatic heterocycles. The molecule has 0 unspecified atom stereocenters. The molecule has 0 saturated carbocycles. The number of aromatic nitrogens is 6. The summed E-state index contributed by atoms with van der Waals surface area (Å²) in [4.78, 5) is 9.63. The van der Waals surface area contributed by atoms with E-state index in [1.165, 1.54) is 0 Å². The van der Waals surface area contributed by atoms with Gasteiger partial charge < -0.3 is 50.4 Å². The Labute approximate surface area is 231 Å². The normalized spacial score (nSPS) is 9.18. The maximum absolute atomic E-state index is 4.81. The van der Waals surface area contributed by atoms with E-state index in [4.69, 9.17) is 9.97 Å². The summed E-state index contributed by atoms with van der Waals surface area (Å²) in [6.07, 6.45) is 0. The van der Waals surface area contributed by atoms with Crippen LogP contribution >= 0.6 is 0 Å². The summed E-state index contributed by atoms with van der Waals surface area (Å²) >= 11 is 0. The van der Waals surface area contributed by atoms with Crippen molar-refractivity contribution >= 4 is 0 Å². The number of hydrogen-bond acceptors (Lipinski definition) is 4. The van der Waals surface area contributed by atoms with Crippen LogP contribution < -0.4 is 34.0 Å². The van der Waals surface area contributed by atoms with Gasteiger partial charge in [-0.15, -0.1) is 0 Å². The maximum Gasteiger partial charge on any atom is 2.00 e. The Morgan fingerprint density at radius 1 is 0.618 bits per heavy atom. The molecule has 0 aromatic carbocycles. The van der Waals surface area contributed by atoms with Gasteiger partial charge in [0.25, 0.3) is 0 Å². The third-order valence-corrected chi connectivity index (χ3v) is 4.71. The van der Waals surface area contributed by atoms with Gasteiger partial charge in [0.2, 0.25) is 0 Å². The zero-order valence-electron chi connectivity index (χ0n) is 19.3. The summed E-state index contributed by atoms with van der Waals surface area (Å²) in [6, 6.07) is 16.3. The van der Waals surface area contributed by atoms with Crippen molar-refractivity contribution in [3.63, 3.8) is 0 Å². The molecule has 0 atom stereocenters. The second-order valence-electron chi connectivity index (χ2n) is 7.20. The average Bonchev–Trinajstić information content (AvgIpc) is 3.15. The Morgan fingerprint density at radius 3 is 1.26 bits per heavy atom. The Morgan fingerprint density at radius 2 is 0.971 bits per heavy atom. The van der Waals surface area contributed by atoms with Crippen molar-refractivity contribution in [1.82, 2.24) is 29.5 Å². The Balaban J connectivity index is -0.00000160. The van der Waals surface area contributed by atoms with Crippen LogP contribution in [0.15, 0.2) is 48.5 Å². The molecular formula is C22H30Br2CuN6O3. The molecule has 0 spiro atoms.